The van der Waals surface area contributed by atoms with E-state index in [1.165, 1.54) is 0 Å². The molecule has 4 rings (SSSR count). The number of para-hydroxylation sites is 1. The predicted molar refractivity (Wildman–Crippen MR) is 93.0 cm³/mol. The first kappa shape index (κ1) is 14.9. The van der Waals surface area contributed by atoms with Gasteiger partial charge in [0.15, 0.2) is 0 Å². The molecule has 2 heterocycles. The number of nitrogens with zero attached hydrogens (tertiary/aromatic N) is 2. The molecule has 24 heavy (non-hydrogen) atoms. The van der Waals surface area contributed by atoms with Crippen LogP contribution in [0.2, 0.25) is 0 Å². The molecule has 1 saturated heterocycles. The number of hydrogen-bond donors (Lipinski definition) is 0. The number of amides is 2. The summed E-state index contributed by atoms with van der Waals surface area (Å²) in [5, 5.41) is 0. The van der Waals surface area contributed by atoms with Crippen molar-refractivity contribution in [1.82, 2.24) is 4.90 Å². The van der Waals surface area contributed by atoms with Crippen LogP contribution in [0.4, 0.5) is 5.69 Å². The van der Waals surface area contributed by atoms with Gasteiger partial charge in [-0.3, -0.25) is 14.5 Å². The van der Waals surface area contributed by atoms with Gasteiger partial charge in [-0.1, -0.05) is 36.4 Å². The molecule has 2 aliphatic rings. The molecular weight excluding hydrogens is 300 g/mol. The van der Waals surface area contributed by atoms with Crippen LogP contribution >= 0.6 is 0 Å². The molecule has 122 valence electrons. The van der Waals surface area contributed by atoms with E-state index < -0.39 is 6.04 Å². The zero-order chi connectivity index (χ0) is 16.5. The van der Waals surface area contributed by atoms with Crippen LogP contribution in [-0.4, -0.2) is 35.8 Å². The maximum atomic E-state index is 13.1. The molecule has 4 nitrogen and oxygen atoms in total. The number of carbonyl (C=O) groups excluding carboxylic acids is 2. The SMILES string of the molecule is O=C(C1Cc2ccccc2N1C(=O)c1ccccc1)N1CCCC1. The van der Waals surface area contributed by atoms with E-state index in [1.807, 2.05) is 47.4 Å². The Bertz CT molecular complexity index is 766. The van der Waals surface area contributed by atoms with Gasteiger partial charge >= 0.3 is 0 Å². The Balaban J connectivity index is 1.71. The van der Waals surface area contributed by atoms with Gasteiger partial charge in [0.25, 0.3) is 5.91 Å². The minimum absolute atomic E-state index is 0.0768. The molecule has 2 aliphatic heterocycles. The summed E-state index contributed by atoms with van der Waals surface area (Å²) in [6.07, 6.45) is 2.71. The van der Waals surface area contributed by atoms with Crippen LogP contribution in [0, 0.1) is 0 Å². The van der Waals surface area contributed by atoms with Gasteiger partial charge in [-0.15, -0.1) is 0 Å². The van der Waals surface area contributed by atoms with Gasteiger partial charge < -0.3 is 4.90 Å². The largest absolute Gasteiger partial charge is 0.341 e. The summed E-state index contributed by atoms with van der Waals surface area (Å²) in [5.41, 5.74) is 2.55. The fourth-order valence-corrected chi connectivity index (χ4v) is 3.70. The number of likely N-dealkylation sites (tertiary alicyclic amines) is 1. The molecule has 0 N–H and O–H groups in total. The zero-order valence-electron chi connectivity index (χ0n) is 13.5. The third-order valence-corrected chi connectivity index (χ3v) is 4.92. The lowest BCUT2D eigenvalue weighted by Crippen LogP contribution is -2.49. The first-order valence-electron chi connectivity index (χ1n) is 8.51. The van der Waals surface area contributed by atoms with Crippen molar-refractivity contribution in [3.63, 3.8) is 0 Å². The lowest BCUT2D eigenvalue weighted by molar-refractivity contribution is -0.131. The number of fused-ring (bicyclic) bond motifs is 1. The van der Waals surface area contributed by atoms with E-state index >= 15 is 0 Å². The van der Waals surface area contributed by atoms with Crippen molar-refractivity contribution < 1.29 is 9.59 Å². The Kier molecular flexibility index (Phi) is 3.81. The highest BCUT2D eigenvalue weighted by atomic mass is 16.2. The summed E-state index contributed by atoms with van der Waals surface area (Å²) in [6.45, 7) is 1.61. The molecule has 0 aliphatic carbocycles. The Hall–Kier alpha value is -2.62. The molecular formula is C20H20N2O2. The Morgan fingerprint density at radius 2 is 1.54 bits per heavy atom. The second-order valence-corrected chi connectivity index (χ2v) is 6.42. The van der Waals surface area contributed by atoms with Gasteiger partial charge in [0.1, 0.15) is 6.04 Å². The average molecular weight is 320 g/mol. The molecule has 1 unspecified atom stereocenters. The predicted octanol–water partition coefficient (Wildman–Crippen LogP) is 2.88. The van der Waals surface area contributed by atoms with Gasteiger partial charge in [-0.25, -0.2) is 0 Å². The van der Waals surface area contributed by atoms with Crippen LogP contribution in [0.15, 0.2) is 54.6 Å². The van der Waals surface area contributed by atoms with Crippen LogP contribution in [-0.2, 0) is 11.2 Å². The van der Waals surface area contributed by atoms with E-state index in [0.29, 0.717) is 12.0 Å². The van der Waals surface area contributed by atoms with Crippen molar-refractivity contribution in [2.24, 2.45) is 0 Å². The topological polar surface area (TPSA) is 40.6 Å². The van der Waals surface area contributed by atoms with E-state index in [4.69, 9.17) is 0 Å². The molecule has 0 aromatic heterocycles. The number of rotatable bonds is 2. The molecule has 0 spiro atoms. The molecule has 2 aromatic rings. The zero-order valence-corrected chi connectivity index (χ0v) is 13.5. The minimum Gasteiger partial charge on any atom is -0.341 e. The molecule has 1 atom stereocenters. The quantitative estimate of drug-likeness (QED) is 0.854. The standard InChI is InChI=1S/C20H20N2O2/c23-19(15-8-2-1-3-9-15)22-17-11-5-4-10-16(17)14-18(22)20(24)21-12-6-7-13-21/h1-5,8-11,18H,6-7,12-14H2. The third-order valence-electron chi connectivity index (χ3n) is 4.92. The van der Waals surface area contributed by atoms with Crippen molar-refractivity contribution in [2.75, 3.05) is 18.0 Å². The summed E-state index contributed by atoms with van der Waals surface area (Å²) >= 11 is 0. The summed E-state index contributed by atoms with van der Waals surface area (Å²) in [6, 6.07) is 16.6. The second kappa shape index (κ2) is 6.11. The van der Waals surface area contributed by atoms with Crippen molar-refractivity contribution in [1.29, 1.82) is 0 Å². The van der Waals surface area contributed by atoms with Crippen molar-refractivity contribution in [3.8, 4) is 0 Å². The molecule has 0 bridgehead atoms. The highest BCUT2D eigenvalue weighted by Gasteiger charge is 2.40. The molecule has 4 heteroatoms. The molecule has 0 saturated carbocycles. The summed E-state index contributed by atoms with van der Waals surface area (Å²) in [4.78, 5) is 29.7. The Morgan fingerprint density at radius 3 is 2.29 bits per heavy atom. The number of anilines is 1. The van der Waals surface area contributed by atoms with Gasteiger partial charge in [0, 0.05) is 30.8 Å². The fraction of sp³-hybridized carbons (Fsp3) is 0.300. The first-order chi connectivity index (χ1) is 11.8. The number of carbonyl (C=O) groups is 2. The number of hydrogen-bond acceptors (Lipinski definition) is 2. The van der Waals surface area contributed by atoms with Crippen molar-refractivity contribution in [2.45, 2.75) is 25.3 Å². The third kappa shape index (κ3) is 2.48. The maximum absolute atomic E-state index is 13.1. The monoisotopic (exact) mass is 320 g/mol. The van der Waals surface area contributed by atoms with E-state index in [0.717, 1.165) is 37.2 Å². The summed E-state index contributed by atoms with van der Waals surface area (Å²) in [5.74, 6) is -0.0221. The molecule has 2 aromatic carbocycles. The van der Waals surface area contributed by atoms with Crippen molar-refractivity contribution >= 4 is 17.5 Å². The van der Waals surface area contributed by atoms with Gasteiger partial charge in [-0.05, 0) is 36.6 Å². The van der Waals surface area contributed by atoms with Crippen molar-refractivity contribution in [3.05, 3.63) is 65.7 Å². The smallest absolute Gasteiger partial charge is 0.259 e. The van der Waals surface area contributed by atoms with E-state index in [1.54, 1.807) is 17.0 Å². The van der Waals surface area contributed by atoms with Crippen LogP contribution in [0.5, 0.6) is 0 Å². The van der Waals surface area contributed by atoms with Crippen LogP contribution in [0.1, 0.15) is 28.8 Å². The Labute approximate surface area is 141 Å². The van der Waals surface area contributed by atoms with Gasteiger partial charge in [0.2, 0.25) is 5.91 Å². The molecule has 0 radical (unpaired) electrons. The second-order valence-electron chi connectivity index (χ2n) is 6.42. The van der Waals surface area contributed by atoms with Crippen LogP contribution in [0.25, 0.3) is 0 Å². The number of benzene rings is 2. The van der Waals surface area contributed by atoms with E-state index in [2.05, 4.69) is 0 Å². The fourth-order valence-electron chi connectivity index (χ4n) is 3.70. The summed E-state index contributed by atoms with van der Waals surface area (Å²) in [7, 11) is 0. The van der Waals surface area contributed by atoms with Crippen LogP contribution < -0.4 is 4.90 Å². The van der Waals surface area contributed by atoms with E-state index in [-0.39, 0.29) is 11.8 Å². The lowest BCUT2D eigenvalue weighted by atomic mass is 10.1. The molecule has 1 fully saturated rings. The first-order valence-corrected chi connectivity index (χ1v) is 8.51. The normalized spacial score (nSPS) is 19.4. The molecule has 2 amide bonds. The lowest BCUT2D eigenvalue weighted by Gasteiger charge is -2.28. The maximum Gasteiger partial charge on any atom is 0.259 e. The highest BCUT2D eigenvalue weighted by molar-refractivity contribution is 6.11. The average Bonchev–Trinajstić information content (AvgIpc) is 3.29. The summed E-state index contributed by atoms with van der Waals surface area (Å²) < 4.78 is 0. The Morgan fingerprint density at radius 1 is 0.875 bits per heavy atom. The van der Waals surface area contributed by atoms with Gasteiger partial charge in [0.05, 0.1) is 0 Å². The van der Waals surface area contributed by atoms with Crippen LogP contribution in [0.3, 0.4) is 0 Å². The van der Waals surface area contributed by atoms with E-state index in [9.17, 15) is 9.59 Å². The minimum atomic E-state index is -0.423. The van der Waals surface area contributed by atoms with Gasteiger partial charge in [-0.2, -0.15) is 0 Å². The highest BCUT2D eigenvalue weighted by Crippen LogP contribution is 2.34.